The molecule has 3 nitrogen and oxygen atoms in total. The lowest BCUT2D eigenvalue weighted by atomic mass is 9.89. The van der Waals surface area contributed by atoms with Gasteiger partial charge in [-0.3, -0.25) is 9.69 Å². The molecule has 2 aromatic rings. The Balaban J connectivity index is 1.53. The zero-order valence-electron chi connectivity index (χ0n) is 13.6. The van der Waals surface area contributed by atoms with Crippen molar-refractivity contribution in [1.82, 2.24) is 10.2 Å². The van der Waals surface area contributed by atoms with Crippen molar-refractivity contribution in [2.24, 2.45) is 0 Å². The Bertz CT molecular complexity index is 757. The summed E-state index contributed by atoms with van der Waals surface area (Å²) in [5.41, 5.74) is 4.66. The molecule has 0 spiro atoms. The third-order valence-corrected chi connectivity index (χ3v) is 5.37. The molecule has 1 N–H and O–H groups in total. The predicted molar refractivity (Wildman–Crippen MR) is 96.8 cm³/mol. The minimum absolute atomic E-state index is 0.142. The monoisotopic (exact) mass is 340 g/mol. The van der Waals surface area contributed by atoms with Gasteiger partial charge in [0.05, 0.1) is 0 Å². The van der Waals surface area contributed by atoms with Gasteiger partial charge in [-0.15, -0.1) is 0 Å². The molecule has 0 aromatic heterocycles. The molecule has 0 saturated carbocycles. The molecule has 1 saturated heterocycles. The standard InChI is InChI=1S/C20H21ClN2O/c21-17-4-2-15(3-5-17)20(24)12-14-1-6-18-16(11-14)7-9-23-10-8-22-13-19(18)23/h1-6,11,19,22H,7-10,12-13H2/t19-/m1/s1. The van der Waals surface area contributed by atoms with Gasteiger partial charge in [-0.2, -0.15) is 0 Å². The first-order valence-corrected chi connectivity index (χ1v) is 8.94. The van der Waals surface area contributed by atoms with Crippen LogP contribution in [0.1, 0.15) is 33.1 Å². The molecule has 2 aromatic carbocycles. The average molecular weight is 341 g/mol. The number of fused-ring (bicyclic) bond motifs is 3. The normalized spacial score (nSPS) is 20.3. The van der Waals surface area contributed by atoms with Crippen LogP contribution in [0.4, 0.5) is 0 Å². The van der Waals surface area contributed by atoms with Gasteiger partial charge in [0.1, 0.15) is 0 Å². The van der Waals surface area contributed by atoms with Crippen molar-refractivity contribution in [2.45, 2.75) is 18.9 Å². The van der Waals surface area contributed by atoms with Crippen LogP contribution in [-0.2, 0) is 12.8 Å². The first kappa shape index (κ1) is 15.8. The van der Waals surface area contributed by atoms with Crippen molar-refractivity contribution in [1.29, 1.82) is 0 Å². The minimum atomic E-state index is 0.142. The van der Waals surface area contributed by atoms with E-state index >= 15 is 0 Å². The lowest BCUT2D eigenvalue weighted by molar-refractivity contribution is 0.0993. The van der Waals surface area contributed by atoms with Gasteiger partial charge in [-0.1, -0.05) is 29.8 Å². The smallest absolute Gasteiger partial charge is 0.167 e. The van der Waals surface area contributed by atoms with E-state index in [1.165, 1.54) is 11.1 Å². The topological polar surface area (TPSA) is 32.3 Å². The van der Waals surface area contributed by atoms with Crippen molar-refractivity contribution < 1.29 is 4.79 Å². The molecule has 4 rings (SSSR count). The second-order valence-electron chi connectivity index (χ2n) is 6.65. The molecule has 124 valence electrons. The first-order chi connectivity index (χ1) is 11.7. The summed E-state index contributed by atoms with van der Waals surface area (Å²) in [6, 6.07) is 14.2. The molecule has 0 unspecified atom stereocenters. The molecule has 24 heavy (non-hydrogen) atoms. The molecule has 2 aliphatic heterocycles. The lowest BCUT2D eigenvalue weighted by Gasteiger charge is -2.41. The van der Waals surface area contributed by atoms with Crippen molar-refractivity contribution in [3.8, 4) is 0 Å². The van der Waals surface area contributed by atoms with Gasteiger partial charge in [-0.05, 0) is 47.4 Å². The molecule has 0 amide bonds. The second kappa shape index (κ2) is 6.67. The lowest BCUT2D eigenvalue weighted by Crippen LogP contribution is -2.48. The van der Waals surface area contributed by atoms with E-state index in [4.69, 9.17) is 11.6 Å². The van der Waals surface area contributed by atoms with Gasteiger partial charge in [0.15, 0.2) is 5.78 Å². The molecule has 4 heteroatoms. The van der Waals surface area contributed by atoms with Gasteiger partial charge in [-0.25, -0.2) is 0 Å². The number of hydrogen-bond donors (Lipinski definition) is 1. The van der Waals surface area contributed by atoms with E-state index in [2.05, 4.69) is 28.4 Å². The zero-order chi connectivity index (χ0) is 16.5. The van der Waals surface area contributed by atoms with E-state index in [9.17, 15) is 4.79 Å². The molecule has 1 atom stereocenters. The number of rotatable bonds is 3. The Kier molecular flexibility index (Phi) is 4.40. The zero-order valence-corrected chi connectivity index (χ0v) is 14.4. The highest BCUT2D eigenvalue weighted by atomic mass is 35.5. The van der Waals surface area contributed by atoms with Crippen LogP contribution in [0, 0.1) is 0 Å². The number of halogens is 1. The number of ketones is 1. The summed E-state index contributed by atoms with van der Waals surface area (Å²) in [6.07, 6.45) is 1.52. The Morgan fingerprint density at radius 2 is 2.00 bits per heavy atom. The Morgan fingerprint density at radius 1 is 1.17 bits per heavy atom. The quantitative estimate of drug-likeness (QED) is 0.870. The first-order valence-electron chi connectivity index (χ1n) is 8.56. The van der Waals surface area contributed by atoms with Crippen LogP contribution < -0.4 is 5.32 Å². The fraction of sp³-hybridized carbons (Fsp3) is 0.350. The van der Waals surface area contributed by atoms with Gasteiger partial charge in [0.2, 0.25) is 0 Å². The van der Waals surface area contributed by atoms with Gasteiger partial charge < -0.3 is 5.32 Å². The largest absolute Gasteiger partial charge is 0.314 e. The van der Waals surface area contributed by atoms with Crippen LogP contribution in [0.3, 0.4) is 0 Å². The van der Waals surface area contributed by atoms with Crippen molar-refractivity contribution >= 4 is 17.4 Å². The van der Waals surface area contributed by atoms with E-state index in [0.717, 1.165) is 43.7 Å². The fourth-order valence-electron chi connectivity index (χ4n) is 3.82. The Labute approximate surface area is 147 Å². The summed E-state index contributed by atoms with van der Waals surface area (Å²) in [5.74, 6) is 0.142. The SMILES string of the molecule is O=C(Cc1ccc2c(c1)CCN1CCNC[C@H]21)c1ccc(Cl)cc1. The van der Waals surface area contributed by atoms with Crippen molar-refractivity contribution in [3.63, 3.8) is 0 Å². The van der Waals surface area contributed by atoms with Crippen molar-refractivity contribution in [3.05, 3.63) is 69.7 Å². The van der Waals surface area contributed by atoms with Crippen LogP contribution in [0.15, 0.2) is 42.5 Å². The summed E-state index contributed by atoms with van der Waals surface area (Å²) < 4.78 is 0. The molecular weight excluding hydrogens is 320 g/mol. The van der Waals surface area contributed by atoms with E-state index in [-0.39, 0.29) is 5.78 Å². The maximum atomic E-state index is 12.5. The van der Waals surface area contributed by atoms with E-state index < -0.39 is 0 Å². The van der Waals surface area contributed by atoms with Crippen molar-refractivity contribution in [2.75, 3.05) is 26.2 Å². The van der Waals surface area contributed by atoms with Crippen LogP contribution in [0.2, 0.25) is 5.02 Å². The number of carbonyl (C=O) groups is 1. The molecule has 2 aliphatic rings. The van der Waals surface area contributed by atoms with Crippen LogP contribution in [0.5, 0.6) is 0 Å². The summed E-state index contributed by atoms with van der Waals surface area (Å²) >= 11 is 5.89. The van der Waals surface area contributed by atoms with Gasteiger partial charge in [0, 0.05) is 49.2 Å². The van der Waals surface area contributed by atoms with Crippen LogP contribution >= 0.6 is 11.6 Å². The highest BCUT2D eigenvalue weighted by Gasteiger charge is 2.29. The predicted octanol–water partition coefficient (Wildman–Crippen LogP) is 3.27. The maximum absolute atomic E-state index is 12.5. The molecule has 0 bridgehead atoms. The molecular formula is C20H21ClN2O. The Hall–Kier alpha value is -1.68. The van der Waals surface area contributed by atoms with Crippen LogP contribution in [-0.4, -0.2) is 36.9 Å². The van der Waals surface area contributed by atoms with E-state index in [1.807, 2.05) is 0 Å². The number of carbonyl (C=O) groups excluding carboxylic acids is 1. The number of hydrogen-bond acceptors (Lipinski definition) is 3. The van der Waals surface area contributed by atoms with Crippen LogP contribution in [0.25, 0.3) is 0 Å². The second-order valence-corrected chi connectivity index (χ2v) is 7.08. The third kappa shape index (κ3) is 3.12. The fourth-order valence-corrected chi connectivity index (χ4v) is 3.94. The van der Waals surface area contributed by atoms with Gasteiger partial charge in [0.25, 0.3) is 0 Å². The van der Waals surface area contributed by atoms with Gasteiger partial charge >= 0.3 is 0 Å². The number of nitrogens with zero attached hydrogens (tertiary/aromatic N) is 1. The molecule has 1 fully saturated rings. The van der Waals surface area contributed by atoms with E-state index in [1.54, 1.807) is 24.3 Å². The number of piperazine rings is 1. The summed E-state index contributed by atoms with van der Waals surface area (Å²) in [7, 11) is 0. The summed E-state index contributed by atoms with van der Waals surface area (Å²) in [4.78, 5) is 15.0. The third-order valence-electron chi connectivity index (χ3n) is 5.12. The minimum Gasteiger partial charge on any atom is -0.314 e. The summed E-state index contributed by atoms with van der Waals surface area (Å²) in [5, 5.41) is 4.15. The maximum Gasteiger partial charge on any atom is 0.167 e. The number of nitrogens with one attached hydrogen (secondary N) is 1. The number of Topliss-reactive ketones (excluding diaryl/α,β-unsaturated/α-hetero) is 1. The average Bonchev–Trinajstić information content (AvgIpc) is 2.62. The number of benzene rings is 2. The van der Waals surface area contributed by atoms with E-state index in [0.29, 0.717) is 17.5 Å². The Morgan fingerprint density at radius 3 is 2.83 bits per heavy atom. The highest BCUT2D eigenvalue weighted by Crippen LogP contribution is 2.31. The summed E-state index contributed by atoms with van der Waals surface area (Å²) in [6.45, 7) is 4.35. The highest BCUT2D eigenvalue weighted by molar-refractivity contribution is 6.30. The molecule has 0 radical (unpaired) electrons. The molecule has 2 heterocycles. The molecule has 0 aliphatic carbocycles.